The van der Waals surface area contributed by atoms with Crippen LogP contribution in [0.5, 0.6) is 0 Å². The molecule has 4 rings (SSSR count). The molecule has 0 saturated carbocycles. The van der Waals surface area contributed by atoms with Gasteiger partial charge in [0.15, 0.2) is 12.4 Å². The van der Waals surface area contributed by atoms with Gasteiger partial charge in [-0.05, 0) is 0 Å². The van der Waals surface area contributed by atoms with E-state index in [1.165, 1.54) is 0 Å². The number of aliphatic hydroxyl groups is 6. The lowest BCUT2D eigenvalue weighted by molar-refractivity contribution is -0.0607. The molecule has 0 bridgehead atoms. The lowest BCUT2D eigenvalue weighted by atomic mass is 10.1. The molecule has 0 spiro atoms. The second kappa shape index (κ2) is 10.5. The van der Waals surface area contributed by atoms with Gasteiger partial charge in [0.05, 0.1) is 25.5 Å². The summed E-state index contributed by atoms with van der Waals surface area (Å²) in [6.07, 6.45) is -24.5. The van der Waals surface area contributed by atoms with Crippen LogP contribution >= 0.6 is 0 Å². The zero-order valence-corrected chi connectivity index (χ0v) is 17.0. The molecule has 8 atom stereocenters. The van der Waals surface area contributed by atoms with Gasteiger partial charge in [-0.3, -0.25) is 9.80 Å². The zero-order chi connectivity index (χ0) is 35.1. The Balaban J connectivity index is 0.000000248. The van der Waals surface area contributed by atoms with Crippen molar-refractivity contribution in [2.24, 2.45) is 31.4 Å². The molecule has 188 valence electrons. The third kappa shape index (κ3) is 5.08. The topological polar surface area (TPSA) is 248 Å². The molecule has 0 radical (unpaired) electrons. The second-order valence-corrected chi connectivity index (χ2v) is 6.37. The van der Waals surface area contributed by atoms with Crippen LogP contribution in [0.15, 0.2) is 44.8 Å². The molecule has 2 fully saturated rings. The van der Waals surface area contributed by atoms with Crippen molar-refractivity contribution in [2.75, 3.05) is 13.1 Å². The smallest absolute Gasteiger partial charge is 0.223 e. The minimum atomic E-state index is -3.87. The SMILES string of the molecule is [2H]C1=NC(N)=NC(=C)N1[C@@H]1O[C@]([2H])(C([2H])([2H])O)C(O)[C@@H]1O.[2H]C1=NC(N)=NC(=C)N1[C@]1([2H])O[C@]([2H])(C([2H])([2H])O)C([2H])(O)[C@]1([2H])O. The quantitative estimate of drug-likeness (QED) is 0.183. The predicted octanol–water partition coefficient (Wildman–Crippen LogP) is -4.89. The van der Waals surface area contributed by atoms with E-state index in [1.54, 1.807) is 0 Å². The fourth-order valence-corrected chi connectivity index (χ4v) is 2.61. The van der Waals surface area contributed by atoms with E-state index in [0.717, 1.165) is 4.90 Å². The minimum Gasteiger partial charge on any atom is -0.394 e. The normalized spacial score (nSPS) is 54.4. The monoisotopic (exact) mass is 495 g/mol. The maximum atomic E-state index is 10.2. The predicted molar refractivity (Wildman–Crippen MR) is 118 cm³/mol. The number of hydrogen-bond donors (Lipinski definition) is 8. The van der Waals surface area contributed by atoms with Crippen molar-refractivity contribution >= 4 is 24.5 Å². The lowest BCUT2D eigenvalue weighted by Gasteiger charge is -2.29. The van der Waals surface area contributed by atoms with Gasteiger partial charge in [-0.25, -0.2) is 9.98 Å². The number of amidine groups is 2. The highest BCUT2D eigenvalue weighted by atomic mass is 16.6. The number of guanidine groups is 2. The molecule has 16 heteroatoms. The van der Waals surface area contributed by atoms with Gasteiger partial charge in [0.2, 0.25) is 11.9 Å². The van der Waals surface area contributed by atoms with Crippen LogP contribution < -0.4 is 11.5 Å². The molecule has 4 aliphatic heterocycles. The van der Waals surface area contributed by atoms with Crippen molar-refractivity contribution in [1.82, 2.24) is 9.80 Å². The first-order chi connectivity index (χ1) is 20.0. The van der Waals surface area contributed by atoms with Gasteiger partial charge in [0.1, 0.15) is 63.5 Å². The molecule has 16 nitrogen and oxygen atoms in total. The first-order valence-corrected chi connectivity index (χ1v) is 8.91. The van der Waals surface area contributed by atoms with Gasteiger partial charge < -0.3 is 51.6 Å². The number of aliphatic hydroxyl groups excluding tert-OH is 2. The molecule has 0 aromatic rings. The van der Waals surface area contributed by atoms with E-state index >= 15 is 0 Å². The highest BCUT2D eigenvalue weighted by Gasteiger charge is 2.46. The van der Waals surface area contributed by atoms with E-state index in [9.17, 15) is 30.6 Å². The summed E-state index contributed by atoms with van der Waals surface area (Å²) in [4.78, 5) is 15.1. The fourth-order valence-electron chi connectivity index (χ4n) is 2.61. The summed E-state index contributed by atoms with van der Waals surface area (Å²) in [5.41, 5.74) is 10.6. The standard InChI is InChI=1S/2C9H14N4O4/c2*1-4-12-9(10)11-3-13(4)8-7(16)6(15)5(2-14)17-8/h2*3,5-8,14-16H,1-2H2,(H2,10,12)/t2*5-,6?,7+,8-/m11/s1/i2D2,3D,5D,6D,7D,8D;2D2,3D,5D. The van der Waals surface area contributed by atoms with Crippen LogP contribution in [0.1, 0.15) is 15.1 Å². The van der Waals surface area contributed by atoms with E-state index in [1.807, 2.05) is 0 Å². The molecule has 2 unspecified atom stereocenters. The van der Waals surface area contributed by atoms with E-state index in [2.05, 4.69) is 37.9 Å². The van der Waals surface area contributed by atoms with Crippen LogP contribution in [0.4, 0.5) is 0 Å². The van der Waals surface area contributed by atoms with E-state index in [-0.39, 0.29) is 16.7 Å². The minimum absolute atomic E-state index is 0.147. The summed E-state index contributed by atoms with van der Waals surface area (Å²) in [6.45, 7) is -0.251. The Morgan fingerprint density at radius 1 is 0.912 bits per heavy atom. The summed E-state index contributed by atoms with van der Waals surface area (Å²) in [5, 5.41) is 58.8. The molecule has 0 aromatic carbocycles. The lowest BCUT2D eigenvalue weighted by Crippen LogP contribution is -2.44. The molecular weight excluding hydrogens is 456 g/mol. The number of nitrogens with two attached hydrogens (primary N) is 2. The average Bonchev–Trinajstić information content (AvgIpc) is 3.12. The molecular formula is C18H28N8O8. The second-order valence-electron chi connectivity index (χ2n) is 6.37. The van der Waals surface area contributed by atoms with Crippen LogP contribution in [0, 0.1) is 0 Å². The molecule has 10 N–H and O–H groups in total. The third-order valence-corrected chi connectivity index (χ3v) is 4.20. The number of aliphatic imine (C=N–C) groups is 4. The van der Waals surface area contributed by atoms with Crippen LogP contribution in [0.25, 0.3) is 0 Å². The van der Waals surface area contributed by atoms with Gasteiger partial charge >= 0.3 is 0 Å². The van der Waals surface area contributed by atoms with Crippen molar-refractivity contribution in [1.29, 1.82) is 0 Å². The summed E-state index contributed by atoms with van der Waals surface area (Å²) in [6, 6.07) is 0. The Kier molecular flexibility index (Phi) is 4.47. The number of nitrogens with zero attached hydrogens (tertiary/aromatic N) is 6. The Morgan fingerprint density at radius 2 is 1.44 bits per heavy atom. The zero-order valence-electron chi connectivity index (χ0n) is 28.0. The first-order valence-electron chi connectivity index (χ1n) is 14.4. The van der Waals surface area contributed by atoms with E-state index < -0.39 is 86.5 Å². The maximum Gasteiger partial charge on any atom is 0.223 e. The van der Waals surface area contributed by atoms with Crippen molar-refractivity contribution in [3.05, 3.63) is 24.8 Å². The van der Waals surface area contributed by atoms with Gasteiger partial charge in [0, 0.05) is 0 Å². The highest BCUT2D eigenvalue weighted by molar-refractivity contribution is 5.89. The van der Waals surface area contributed by atoms with Crippen molar-refractivity contribution in [3.8, 4) is 0 Å². The van der Waals surface area contributed by atoms with Gasteiger partial charge in [-0.1, -0.05) is 13.2 Å². The fraction of sp³-hybridized carbons (Fsp3) is 0.556. The molecule has 0 aromatic heterocycles. The summed E-state index contributed by atoms with van der Waals surface area (Å²) in [7, 11) is 0. The summed E-state index contributed by atoms with van der Waals surface area (Å²) in [5.74, 6) is -1.41. The van der Waals surface area contributed by atoms with Crippen LogP contribution in [0.3, 0.4) is 0 Å². The molecule has 0 aliphatic carbocycles. The van der Waals surface area contributed by atoms with Crippen LogP contribution in [-0.4, -0.2) is 127 Å². The van der Waals surface area contributed by atoms with Crippen molar-refractivity contribution in [3.63, 3.8) is 0 Å². The Morgan fingerprint density at radius 3 is 1.88 bits per heavy atom. The maximum absolute atomic E-state index is 10.2. The molecule has 34 heavy (non-hydrogen) atoms. The number of hydrogen-bond acceptors (Lipinski definition) is 16. The largest absolute Gasteiger partial charge is 0.394 e. The Hall–Kier alpha value is -2.96. The van der Waals surface area contributed by atoms with E-state index in [0.29, 0.717) is 0 Å². The number of ether oxygens (including phenoxy) is 2. The molecule has 0 amide bonds. The Labute approximate surface area is 209 Å². The molecule has 4 heterocycles. The third-order valence-electron chi connectivity index (χ3n) is 4.20. The Bertz CT molecular complexity index is 1400. The van der Waals surface area contributed by atoms with Crippen molar-refractivity contribution in [2.45, 2.75) is 49.0 Å². The van der Waals surface area contributed by atoms with Crippen LogP contribution in [0.2, 0.25) is 0 Å². The van der Waals surface area contributed by atoms with Gasteiger partial charge in [-0.15, -0.1) is 0 Å². The van der Waals surface area contributed by atoms with Gasteiger partial charge in [0.25, 0.3) is 0 Å². The van der Waals surface area contributed by atoms with Crippen LogP contribution in [-0.2, 0) is 9.47 Å². The number of rotatable bonds is 4. The first kappa shape index (κ1) is 14.4. The molecule has 4 aliphatic rings. The summed E-state index contributed by atoms with van der Waals surface area (Å²) < 4.78 is 92.5. The van der Waals surface area contributed by atoms with Crippen molar-refractivity contribution < 1.29 is 55.2 Å². The van der Waals surface area contributed by atoms with Gasteiger partial charge in [-0.2, -0.15) is 9.98 Å². The average molecular weight is 496 g/mol. The summed E-state index contributed by atoms with van der Waals surface area (Å²) >= 11 is 0. The highest BCUT2D eigenvalue weighted by Crippen LogP contribution is 2.27. The van der Waals surface area contributed by atoms with E-state index in [4.69, 9.17) is 31.3 Å². The molecule has 2 saturated heterocycles.